The molecule has 0 spiro atoms. The number of anilines is 1. The van der Waals surface area contributed by atoms with E-state index < -0.39 is 0 Å². The minimum atomic E-state index is 0.618. The zero-order chi connectivity index (χ0) is 12.1. The van der Waals surface area contributed by atoms with E-state index in [4.69, 9.17) is 4.74 Å². The van der Waals surface area contributed by atoms with Gasteiger partial charge in [-0.05, 0) is 19.1 Å². The van der Waals surface area contributed by atoms with Crippen molar-refractivity contribution < 1.29 is 4.74 Å². The lowest BCUT2D eigenvalue weighted by Crippen LogP contribution is -2.02. The van der Waals surface area contributed by atoms with E-state index in [0.717, 1.165) is 17.8 Å². The number of hydrogen-bond donors (Lipinski definition) is 1. The molecule has 0 bridgehead atoms. The van der Waals surface area contributed by atoms with Gasteiger partial charge in [0, 0.05) is 24.5 Å². The minimum absolute atomic E-state index is 0.618. The van der Waals surface area contributed by atoms with Gasteiger partial charge in [0.2, 0.25) is 5.95 Å². The van der Waals surface area contributed by atoms with Crippen LogP contribution < -0.4 is 10.1 Å². The number of rotatable bonds is 4. The van der Waals surface area contributed by atoms with Crippen molar-refractivity contribution in [2.24, 2.45) is 0 Å². The van der Waals surface area contributed by atoms with E-state index in [9.17, 15) is 0 Å². The van der Waals surface area contributed by atoms with Crippen molar-refractivity contribution in [2.45, 2.75) is 6.92 Å². The molecule has 0 aliphatic heterocycles. The van der Waals surface area contributed by atoms with Crippen LogP contribution in [0.5, 0.6) is 5.75 Å². The van der Waals surface area contributed by atoms with Crippen LogP contribution in [0.4, 0.5) is 5.95 Å². The van der Waals surface area contributed by atoms with Gasteiger partial charge in [-0.1, -0.05) is 0 Å². The molecule has 2 heterocycles. The topological polar surface area (TPSA) is 59.9 Å². The smallest absolute Gasteiger partial charge is 0.223 e. The first kappa shape index (κ1) is 11.3. The second-order valence-electron chi connectivity index (χ2n) is 3.41. The van der Waals surface area contributed by atoms with Crippen molar-refractivity contribution in [1.29, 1.82) is 0 Å². The van der Waals surface area contributed by atoms with Gasteiger partial charge in [0.15, 0.2) is 0 Å². The molecule has 0 aliphatic carbocycles. The standard InChI is InChI=1S/C12H14N4O/c1-3-14-12-15-5-4-11(16-12)9-6-10(17-2)8-13-7-9/h4-8H,3H2,1-2H3,(H,14,15,16). The fraction of sp³-hybridized carbons (Fsp3) is 0.250. The van der Waals surface area contributed by atoms with Crippen LogP contribution in [0.3, 0.4) is 0 Å². The maximum Gasteiger partial charge on any atom is 0.223 e. The maximum atomic E-state index is 5.13. The molecule has 0 fully saturated rings. The van der Waals surface area contributed by atoms with E-state index in [1.54, 1.807) is 25.7 Å². The highest BCUT2D eigenvalue weighted by Gasteiger charge is 2.03. The molecule has 0 amide bonds. The summed E-state index contributed by atoms with van der Waals surface area (Å²) in [6, 6.07) is 3.74. The van der Waals surface area contributed by atoms with Crippen molar-refractivity contribution in [3.63, 3.8) is 0 Å². The number of aromatic nitrogens is 3. The number of pyridine rings is 1. The monoisotopic (exact) mass is 230 g/mol. The molecule has 0 saturated heterocycles. The van der Waals surface area contributed by atoms with Crippen molar-refractivity contribution in [3.05, 3.63) is 30.7 Å². The van der Waals surface area contributed by atoms with Crippen LogP contribution >= 0.6 is 0 Å². The quantitative estimate of drug-likeness (QED) is 0.870. The second-order valence-corrected chi connectivity index (χ2v) is 3.41. The zero-order valence-corrected chi connectivity index (χ0v) is 9.84. The fourth-order valence-electron chi connectivity index (χ4n) is 1.43. The molecule has 0 radical (unpaired) electrons. The number of methoxy groups -OCH3 is 1. The summed E-state index contributed by atoms with van der Waals surface area (Å²) in [6.07, 6.45) is 5.14. The van der Waals surface area contributed by atoms with Crippen LogP contribution in [-0.2, 0) is 0 Å². The molecular formula is C12H14N4O. The van der Waals surface area contributed by atoms with Gasteiger partial charge < -0.3 is 10.1 Å². The minimum Gasteiger partial charge on any atom is -0.495 e. The van der Waals surface area contributed by atoms with Crippen molar-refractivity contribution in [2.75, 3.05) is 19.0 Å². The second kappa shape index (κ2) is 5.25. The average molecular weight is 230 g/mol. The number of nitrogens with one attached hydrogen (secondary N) is 1. The van der Waals surface area contributed by atoms with Gasteiger partial charge in [-0.3, -0.25) is 4.98 Å². The lowest BCUT2D eigenvalue weighted by molar-refractivity contribution is 0.413. The Balaban J connectivity index is 2.34. The van der Waals surface area contributed by atoms with E-state index in [-0.39, 0.29) is 0 Å². The molecule has 17 heavy (non-hydrogen) atoms. The first-order valence-corrected chi connectivity index (χ1v) is 5.40. The van der Waals surface area contributed by atoms with Gasteiger partial charge in [-0.15, -0.1) is 0 Å². The molecule has 5 nitrogen and oxygen atoms in total. The molecule has 2 aromatic rings. The number of nitrogens with zero attached hydrogens (tertiary/aromatic N) is 3. The van der Waals surface area contributed by atoms with Gasteiger partial charge in [0.25, 0.3) is 0 Å². The molecule has 0 saturated carbocycles. The summed E-state index contributed by atoms with van der Waals surface area (Å²) in [5.74, 6) is 1.33. The Morgan fingerprint density at radius 1 is 1.35 bits per heavy atom. The maximum absolute atomic E-state index is 5.13. The van der Waals surface area contributed by atoms with Crippen molar-refractivity contribution in [1.82, 2.24) is 15.0 Å². The van der Waals surface area contributed by atoms with Crippen molar-refractivity contribution >= 4 is 5.95 Å². The summed E-state index contributed by atoms with van der Waals surface area (Å²) in [4.78, 5) is 12.6. The van der Waals surface area contributed by atoms with Gasteiger partial charge in [-0.25, -0.2) is 9.97 Å². The van der Waals surface area contributed by atoms with Crippen LogP contribution in [0.15, 0.2) is 30.7 Å². The average Bonchev–Trinajstić information content (AvgIpc) is 2.40. The summed E-state index contributed by atoms with van der Waals surface area (Å²) >= 11 is 0. The predicted octanol–water partition coefficient (Wildman–Crippen LogP) is 1.98. The van der Waals surface area contributed by atoms with Crippen LogP contribution in [0.1, 0.15) is 6.92 Å². The summed E-state index contributed by atoms with van der Waals surface area (Å²) in [5.41, 5.74) is 1.73. The summed E-state index contributed by atoms with van der Waals surface area (Å²) in [6.45, 7) is 2.79. The predicted molar refractivity (Wildman–Crippen MR) is 66.0 cm³/mol. The molecule has 0 unspecified atom stereocenters. The van der Waals surface area contributed by atoms with E-state index in [1.165, 1.54) is 0 Å². The SMILES string of the molecule is CCNc1nccc(-c2cncc(OC)c2)n1. The third-order valence-electron chi connectivity index (χ3n) is 2.24. The highest BCUT2D eigenvalue weighted by atomic mass is 16.5. The van der Waals surface area contributed by atoms with E-state index in [1.807, 2.05) is 19.1 Å². The lowest BCUT2D eigenvalue weighted by atomic mass is 10.2. The molecule has 88 valence electrons. The van der Waals surface area contributed by atoms with Crippen LogP contribution in [0.25, 0.3) is 11.3 Å². The Hall–Kier alpha value is -2.17. The normalized spacial score (nSPS) is 10.0. The Morgan fingerprint density at radius 3 is 3.00 bits per heavy atom. The van der Waals surface area contributed by atoms with Gasteiger partial charge in [0.05, 0.1) is 19.0 Å². The van der Waals surface area contributed by atoms with Crippen LogP contribution in [0, 0.1) is 0 Å². The molecule has 0 aliphatic rings. The van der Waals surface area contributed by atoms with Gasteiger partial charge in [-0.2, -0.15) is 0 Å². The Labute approximate surface area is 99.9 Å². The molecule has 0 aromatic carbocycles. The Bertz CT molecular complexity index is 501. The third kappa shape index (κ3) is 2.69. The van der Waals surface area contributed by atoms with Crippen LogP contribution in [-0.4, -0.2) is 28.6 Å². The van der Waals surface area contributed by atoms with Gasteiger partial charge >= 0.3 is 0 Å². The molecule has 2 aromatic heterocycles. The molecule has 2 rings (SSSR count). The molecular weight excluding hydrogens is 216 g/mol. The highest BCUT2D eigenvalue weighted by molar-refractivity contribution is 5.60. The largest absolute Gasteiger partial charge is 0.495 e. The number of hydrogen-bond acceptors (Lipinski definition) is 5. The summed E-state index contributed by atoms with van der Waals surface area (Å²) in [7, 11) is 1.62. The Kier molecular flexibility index (Phi) is 3.49. The van der Waals surface area contributed by atoms with E-state index in [0.29, 0.717) is 11.7 Å². The van der Waals surface area contributed by atoms with Gasteiger partial charge in [0.1, 0.15) is 5.75 Å². The van der Waals surface area contributed by atoms with E-state index >= 15 is 0 Å². The molecule has 1 N–H and O–H groups in total. The summed E-state index contributed by atoms with van der Waals surface area (Å²) < 4.78 is 5.13. The van der Waals surface area contributed by atoms with Crippen molar-refractivity contribution in [3.8, 4) is 17.0 Å². The van der Waals surface area contributed by atoms with Crippen LogP contribution in [0.2, 0.25) is 0 Å². The van der Waals surface area contributed by atoms with E-state index in [2.05, 4.69) is 20.3 Å². The summed E-state index contributed by atoms with van der Waals surface area (Å²) in [5, 5.41) is 3.07. The first-order chi connectivity index (χ1) is 8.33. The molecule has 0 atom stereocenters. The number of ether oxygens (including phenoxy) is 1. The molecule has 5 heteroatoms. The Morgan fingerprint density at radius 2 is 2.24 bits per heavy atom. The zero-order valence-electron chi connectivity index (χ0n) is 9.84. The first-order valence-electron chi connectivity index (χ1n) is 5.40. The lowest BCUT2D eigenvalue weighted by Gasteiger charge is -2.05. The highest BCUT2D eigenvalue weighted by Crippen LogP contribution is 2.20. The fourth-order valence-corrected chi connectivity index (χ4v) is 1.43. The third-order valence-corrected chi connectivity index (χ3v) is 2.24.